The van der Waals surface area contributed by atoms with Gasteiger partial charge in [0, 0.05) is 55.4 Å². The fourth-order valence-electron chi connectivity index (χ4n) is 4.40. The largest absolute Gasteiger partial charge is 0.395 e. The van der Waals surface area contributed by atoms with Crippen LogP contribution in [0, 0.1) is 12.7 Å². The van der Waals surface area contributed by atoms with E-state index in [1.807, 2.05) is 37.0 Å². The van der Waals surface area contributed by atoms with Gasteiger partial charge in [-0.05, 0) is 64.4 Å². The van der Waals surface area contributed by atoms with E-state index in [-0.39, 0.29) is 18.5 Å². The number of likely N-dealkylation sites (N-methyl/N-ethyl adjacent to an activating group) is 1. The van der Waals surface area contributed by atoms with Crippen LogP contribution in [-0.2, 0) is 10.4 Å². The zero-order valence-corrected chi connectivity index (χ0v) is 23.3. The third-order valence-electron chi connectivity index (χ3n) is 6.46. The lowest BCUT2D eigenvalue weighted by molar-refractivity contribution is 0.161. The monoisotopic (exact) mass is 565 g/mol. The molecule has 0 spiro atoms. The third kappa shape index (κ3) is 8.93. The van der Waals surface area contributed by atoms with Crippen LogP contribution < -0.4 is 10.2 Å². The predicted octanol–water partition coefficient (Wildman–Crippen LogP) is 3.35. The van der Waals surface area contributed by atoms with Crippen LogP contribution in [0.2, 0.25) is 0 Å². The van der Waals surface area contributed by atoms with Gasteiger partial charge in [0.25, 0.3) is 0 Å². The molecule has 3 aromatic rings. The maximum atomic E-state index is 15.0. The van der Waals surface area contributed by atoms with Gasteiger partial charge < -0.3 is 20.2 Å². The average Bonchev–Trinajstić information content (AvgIpc) is 3.35. The maximum absolute atomic E-state index is 15.0. The summed E-state index contributed by atoms with van der Waals surface area (Å²) in [7, 11) is -2.63. The number of anilines is 3. The van der Waals surface area contributed by atoms with Crippen molar-refractivity contribution in [3.05, 3.63) is 48.2 Å². The second kappa shape index (κ2) is 13.3. The van der Waals surface area contributed by atoms with E-state index in [1.165, 1.54) is 6.07 Å². The quantitative estimate of drug-likeness (QED) is 0.297. The predicted molar refractivity (Wildman–Crippen MR) is 147 cm³/mol. The average molecular weight is 566 g/mol. The van der Waals surface area contributed by atoms with Gasteiger partial charge in [0.1, 0.15) is 5.82 Å². The minimum atomic E-state index is -4.67. The Morgan fingerprint density at radius 2 is 1.87 bits per heavy atom. The minimum absolute atomic E-state index is 0.160. The van der Waals surface area contributed by atoms with E-state index in [4.69, 9.17) is 22.6 Å². The van der Waals surface area contributed by atoms with Crippen molar-refractivity contribution < 1.29 is 27.0 Å². The van der Waals surface area contributed by atoms with Gasteiger partial charge in [-0.15, -0.1) is 0 Å². The van der Waals surface area contributed by atoms with Gasteiger partial charge in [-0.25, -0.2) is 14.4 Å². The van der Waals surface area contributed by atoms with Gasteiger partial charge >= 0.3 is 10.4 Å². The van der Waals surface area contributed by atoms with Crippen molar-refractivity contribution in [2.45, 2.75) is 45.7 Å². The molecule has 0 unspecified atom stereocenters. The van der Waals surface area contributed by atoms with Crippen LogP contribution in [0.25, 0.3) is 11.3 Å². The van der Waals surface area contributed by atoms with Crippen molar-refractivity contribution in [3.8, 4) is 11.3 Å². The molecule has 0 radical (unpaired) electrons. The smallest absolute Gasteiger partial charge is 0.394 e. The molecule has 39 heavy (non-hydrogen) atoms. The number of aliphatic hydroxyl groups is 1. The summed E-state index contributed by atoms with van der Waals surface area (Å²) in [6.45, 7) is 8.53. The number of hydrogen-bond donors (Lipinski definition) is 4. The number of aromatic nitrogens is 4. The Kier molecular flexibility index (Phi) is 10.3. The molecule has 12 nitrogen and oxygen atoms in total. The van der Waals surface area contributed by atoms with E-state index >= 15 is 4.39 Å². The molecule has 1 saturated heterocycles. The summed E-state index contributed by atoms with van der Waals surface area (Å²) in [6, 6.07) is 5.87. The van der Waals surface area contributed by atoms with Crippen molar-refractivity contribution in [1.82, 2.24) is 24.6 Å². The fourth-order valence-corrected chi connectivity index (χ4v) is 4.40. The SMILES string of the molecule is Cc1cnc(Nc2ccc(N3CCC(N(C)CCO)CC3)c(F)c2)nc1-c1cnn(C(C)C)c1.O=S(=O)(O)O. The van der Waals surface area contributed by atoms with Crippen LogP contribution in [0.1, 0.15) is 38.3 Å². The molecule has 4 rings (SSSR count). The second-order valence-corrected chi connectivity index (χ2v) is 10.6. The van der Waals surface area contributed by atoms with Crippen molar-refractivity contribution >= 4 is 27.7 Å². The number of aliphatic hydroxyl groups excluding tert-OH is 1. The first kappa shape index (κ1) is 30.4. The Bertz CT molecular complexity index is 1340. The molecule has 3 heterocycles. The summed E-state index contributed by atoms with van der Waals surface area (Å²) in [5.41, 5.74) is 3.89. The number of piperidine rings is 1. The highest BCUT2D eigenvalue weighted by Crippen LogP contribution is 2.29. The zero-order valence-electron chi connectivity index (χ0n) is 22.5. The lowest BCUT2D eigenvalue weighted by atomic mass is 10.0. The van der Waals surface area contributed by atoms with E-state index in [2.05, 4.69) is 44.0 Å². The van der Waals surface area contributed by atoms with Gasteiger partial charge in [-0.1, -0.05) is 0 Å². The number of benzene rings is 1. The molecule has 14 heteroatoms. The van der Waals surface area contributed by atoms with E-state index < -0.39 is 10.4 Å². The molecule has 2 aromatic heterocycles. The molecular weight excluding hydrogens is 529 g/mol. The molecule has 0 saturated carbocycles. The molecule has 214 valence electrons. The molecule has 0 aliphatic carbocycles. The summed E-state index contributed by atoms with van der Waals surface area (Å²) < 4.78 is 48.5. The van der Waals surface area contributed by atoms with Crippen LogP contribution in [0.5, 0.6) is 0 Å². The van der Waals surface area contributed by atoms with Crippen molar-refractivity contribution in [2.75, 3.05) is 43.5 Å². The summed E-state index contributed by atoms with van der Waals surface area (Å²) >= 11 is 0. The molecule has 4 N–H and O–H groups in total. The Morgan fingerprint density at radius 3 is 2.44 bits per heavy atom. The number of rotatable bonds is 8. The lowest BCUT2D eigenvalue weighted by Crippen LogP contribution is -2.44. The molecule has 0 amide bonds. The minimum Gasteiger partial charge on any atom is -0.395 e. The molecule has 1 aliphatic rings. The van der Waals surface area contributed by atoms with Gasteiger partial charge in [0.05, 0.1) is 24.2 Å². The van der Waals surface area contributed by atoms with E-state index in [0.29, 0.717) is 29.9 Å². The highest BCUT2D eigenvalue weighted by atomic mass is 32.3. The molecule has 0 atom stereocenters. The Morgan fingerprint density at radius 1 is 1.21 bits per heavy atom. The number of aryl methyl sites for hydroxylation is 1. The number of nitrogens with one attached hydrogen (secondary N) is 1. The van der Waals surface area contributed by atoms with Crippen molar-refractivity contribution in [2.24, 2.45) is 0 Å². The van der Waals surface area contributed by atoms with Gasteiger partial charge in [0.15, 0.2) is 0 Å². The maximum Gasteiger partial charge on any atom is 0.394 e. The van der Waals surface area contributed by atoms with Gasteiger partial charge in [-0.2, -0.15) is 13.5 Å². The Labute approximate surface area is 228 Å². The standard InChI is InChI=1S/C25H34FN7O.H2O4S/c1-17(2)33-16-19(15-28-33)24-18(3)14-27-25(30-24)29-20-5-6-23(22(26)13-20)32-9-7-21(8-10-32)31(4)11-12-34;1-5(2,3)4/h5-6,13-17,21,34H,7-12H2,1-4H3,(H,27,29,30);(H2,1,2,3,4). The topological polar surface area (TPSA) is 157 Å². The van der Waals surface area contributed by atoms with Gasteiger partial charge in [-0.3, -0.25) is 13.8 Å². The highest BCUT2D eigenvalue weighted by Gasteiger charge is 2.24. The molecule has 1 fully saturated rings. The van der Waals surface area contributed by atoms with Crippen LogP contribution >= 0.6 is 0 Å². The van der Waals surface area contributed by atoms with E-state index in [0.717, 1.165) is 42.8 Å². The summed E-state index contributed by atoms with van der Waals surface area (Å²) in [6.07, 6.45) is 7.44. The Hall–Kier alpha value is -3.17. The first-order chi connectivity index (χ1) is 18.4. The normalized spacial score (nSPS) is 14.5. The Balaban J connectivity index is 0.000000771. The van der Waals surface area contributed by atoms with Crippen LogP contribution in [0.3, 0.4) is 0 Å². The van der Waals surface area contributed by atoms with Crippen molar-refractivity contribution in [3.63, 3.8) is 0 Å². The van der Waals surface area contributed by atoms with E-state index in [1.54, 1.807) is 12.4 Å². The van der Waals surface area contributed by atoms with Crippen molar-refractivity contribution in [1.29, 1.82) is 0 Å². The third-order valence-corrected chi connectivity index (χ3v) is 6.46. The number of nitrogens with zero attached hydrogens (tertiary/aromatic N) is 6. The zero-order chi connectivity index (χ0) is 28.7. The van der Waals surface area contributed by atoms with E-state index in [9.17, 15) is 0 Å². The van der Waals surface area contributed by atoms with Gasteiger partial charge in [0.2, 0.25) is 5.95 Å². The number of hydrogen-bond acceptors (Lipinski definition) is 9. The van der Waals surface area contributed by atoms with Crippen LogP contribution in [-0.4, -0.2) is 86.6 Å². The summed E-state index contributed by atoms with van der Waals surface area (Å²) in [5, 5.41) is 16.7. The molecule has 1 aliphatic heterocycles. The molecular formula is C25H36FN7O5S. The number of halogens is 1. The fraction of sp³-hybridized carbons (Fsp3) is 0.480. The second-order valence-electron chi connectivity index (χ2n) is 9.69. The first-order valence-electron chi connectivity index (χ1n) is 12.6. The first-order valence-corrected chi connectivity index (χ1v) is 14.0. The molecule has 1 aromatic carbocycles. The molecule has 0 bridgehead atoms. The van der Waals surface area contributed by atoms with Crippen LogP contribution in [0.15, 0.2) is 36.8 Å². The summed E-state index contributed by atoms with van der Waals surface area (Å²) in [5.74, 6) is 0.149. The lowest BCUT2D eigenvalue weighted by Gasteiger charge is -2.37. The highest BCUT2D eigenvalue weighted by molar-refractivity contribution is 7.79. The summed E-state index contributed by atoms with van der Waals surface area (Å²) in [4.78, 5) is 13.3. The van der Waals surface area contributed by atoms with Crippen LogP contribution in [0.4, 0.5) is 21.7 Å².